The Morgan fingerprint density at radius 3 is 2.68 bits per heavy atom. The molecule has 0 saturated carbocycles. The number of hydrogen-bond donors (Lipinski definition) is 1. The minimum absolute atomic E-state index is 0.0444. The van der Waals surface area contributed by atoms with Gasteiger partial charge in [0.15, 0.2) is 0 Å². The summed E-state index contributed by atoms with van der Waals surface area (Å²) in [6, 6.07) is 7.84. The highest BCUT2D eigenvalue weighted by atomic mass is 16.5. The molecule has 0 bridgehead atoms. The first-order valence-corrected chi connectivity index (χ1v) is 8.76. The molecule has 2 rings (SSSR count). The van der Waals surface area contributed by atoms with Crippen LogP contribution in [0.15, 0.2) is 36.9 Å². The number of rotatable bonds is 8. The van der Waals surface area contributed by atoms with E-state index in [9.17, 15) is 14.7 Å². The predicted octanol–water partition coefficient (Wildman–Crippen LogP) is 3.29. The molecule has 1 aromatic rings. The maximum atomic E-state index is 12.5. The van der Waals surface area contributed by atoms with Gasteiger partial charge in [0.05, 0.1) is 12.5 Å². The monoisotopic (exact) mass is 345 g/mol. The zero-order chi connectivity index (χ0) is 18.3. The summed E-state index contributed by atoms with van der Waals surface area (Å²) in [5.41, 5.74) is 0.296. The molecular weight excluding hydrogens is 318 g/mol. The molecule has 1 atom stereocenters. The third-order valence-electron chi connectivity index (χ3n) is 4.93. The number of carbonyl (C=O) groups excluding carboxylic acids is 1. The van der Waals surface area contributed by atoms with E-state index in [4.69, 9.17) is 4.74 Å². The molecule has 136 valence electrons. The van der Waals surface area contributed by atoms with Gasteiger partial charge in [0.1, 0.15) is 5.75 Å². The summed E-state index contributed by atoms with van der Waals surface area (Å²) in [5.74, 6) is 0.0337. The summed E-state index contributed by atoms with van der Waals surface area (Å²) in [6.07, 6.45) is 5.39. The fourth-order valence-electron chi connectivity index (χ4n) is 3.44. The lowest BCUT2D eigenvalue weighted by atomic mass is 9.77. The van der Waals surface area contributed by atoms with Gasteiger partial charge >= 0.3 is 5.97 Å². The van der Waals surface area contributed by atoms with E-state index >= 15 is 0 Å². The number of methoxy groups -OCH3 is 1. The van der Waals surface area contributed by atoms with Crippen LogP contribution >= 0.6 is 0 Å². The van der Waals surface area contributed by atoms with Gasteiger partial charge < -0.3 is 14.7 Å². The average Bonchev–Trinajstić information content (AvgIpc) is 2.62. The number of likely N-dealkylation sites (tertiary alicyclic amines) is 1. The second-order valence-electron chi connectivity index (χ2n) is 6.70. The number of carboxylic acids is 1. The van der Waals surface area contributed by atoms with E-state index in [1.54, 1.807) is 18.1 Å². The molecule has 1 heterocycles. The van der Waals surface area contributed by atoms with Crippen molar-refractivity contribution in [3.63, 3.8) is 0 Å². The largest absolute Gasteiger partial charge is 0.497 e. The smallest absolute Gasteiger partial charge is 0.311 e. The van der Waals surface area contributed by atoms with E-state index in [2.05, 4.69) is 6.58 Å². The number of carbonyl (C=O) groups is 2. The Morgan fingerprint density at radius 1 is 1.36 bits per heavy atom. The van der Waals surface area contributed by atoms with Crippen LogP contribution in [0.1, 0.15) is 37.7 Å². The third-order valence-corrected chi connectivity index (χ3v) is 4.93. The van der Waals surface area contributed by atoms with E-state index in [1.165, 1.54) is 5.56 Å². The molecule has 1 saturated heterocycles. The SMILES string of the molecule is C=CCC1(C(=O)O)CCCN(C(=O)CCCc2ccc(OC)cc2)C1. The Bertz CT molecular complexity index is 611. The second kappa shape index (κ2) is 8.70. The Kier molecular flexibility index (Phi) is 6.62. The number of aryl methyl sites for hydroxylation is 1. The third kappa shape index (κ3) is 4.84. The van der Waals surface area contributed by atoms with E-state index < -0.39 is 11.4 Å². The van der Waals surface area contributed by atoms with Crippen molar-refractivity contribution in [2.24, 2.45) is 5.41 Å². The molecule has 1 aliphatic rings. The Labute approximate surface area is 149 Å². The Balaban J connectivity index is 1.87. The van der Waals surface area contributed by atoms with Crippen molar-refractivity contribution in [3.05, 3.63) is 42.5 Å². The summed E-state index contributed by atoms with van der Waals surface area (Å²) in [5, 5.41) is 9.59. The van der Waals surface area contributed by atoms with Crippen LogP contribution in [0, 0.1) is 5.41 Å². The Morgan fingerprint density at radius 2 is 2.08 bits per heavy atom. The van der Waals surface area contributed by atoms with Crippen molar-refractivity contribution < 1.29 is 19.4 Å². The number of aliphatic carboxylic acids is 1. The quantitative estimate of drug-likeness (QED) is 0.734. The number of nitrogens with zero attached hydrogens (tertiary/aromatic N) is 1. The topological polar surface area (TPSA) is 66.8 Å². The van der Waals surface area contributed by atoms with E-state index in [1.807, 2.05) is 24.3 Å². The van der Waals surface area contributed by atoms with E-state index in [-0.39, 0.29) is 12.5 Å². The molecule has 1 amide bonds. The molecule has 5 heteroatoms. The van der Waals surface area contributed by atoms with Crippen molar-refractivity contribution in [3.8, 4) is 5.75 Å². The first kappa shape index (κ1) is 19.0. The van der Waals surface area contributed by atoms with Gasteiger partial charge in [-0.1, -0.05) is 18.2 Å². The van der Waals surface area contributed by atoms with Gasteiger partial charge in [-0.3, -0.25) is 9.59 Å². The lowest BCUT2D eigenvalue weighted by Gasteiger charge is -2.39. The van der Waals surface area contributed by atoms with Gasteiger partial charge in [0, 0.05) is 19.5 Å². The number of hydrogen-bond acceptors (Lipinski definition) is 3. The summed E-state index contributed by atoms with van der Waals surface area (Å²) in [6.45, 7) is 4.61. The summed E-state index contributed by atoms with van der Waals surface area (Å²) >= 11 is 0. The first-order valence-electron chi connectivity index (χ1n) is 8.76. The van der Waals surface area contributed by atoms with Gasteiger partial charge in [-0.2, -0.15) is 0 Å². The zero-order valence-corrected chi connectivity index (χ0v) is 14.9. The molecule has 5 nitrogen and oxygen atoms in total. The molecule has 1 N–H and O–H groups in total. The van der Waals surface area contributed by atoms with Crippen LogP contribution in [0.5, 0.6) is 5.75 Å². The lowest BCUT2D eigenvalue weighted by molar-refractivity contribution is -0.154. The number of allylic oxidation sites excluding steroid dienone is 1. The van der Waals surface area contributed by atoms with Crippen molar-refractivity contribution in [1.82, 2.24) is 4.90 Å². The maximum absolute atomic E-state index is 12.5. The Hall–Kier alpha value is -2.30. The molecular formula is C20H27NO4. The van der Waals surface area contributed by atoms with Crippen molar-refractivity contribution >= 4 is 11.9 Å². The number of ether oxygens (including phenoxy) is 1. The second-order valence-corrected chi connectivity index (χ2v) is 6.70. The van der Waals surface area contributed by atoms with Crippen LogP contribution in [-0.2, 0) is 16.0 Å². The van der Waals surface area contributed by atoms with Crippen molar-refractivity contribution in [2.75, 3.05) is 20.2 Å². The predicted molar refractivity (Wildman–Crippen MR) is 96.6 cm³/mol. The first-order chi connectivity index (χ1) is 12.0. The van der Waals surface area contributed by atoms with Gasteiger partial charge in [-0.25, -0.2) is 0 Å². The highest BCUT2D eigenvalue weighted by Gasteiger charge is 2.42. The molecule has 1 aromatic carbocycles. The minimum atomic E-state index is -0.869. The van der Waals surface area contributed by atoms with Gasteiger partial charge in [0.2, 0.25) is 5.91 Å². The van der Waals surface area contributed by atoms with Gasteiger partial charge in [0.25, 0.3) is 0 Å². The molecule has 25 heavy (non-hydrogen) atoms. The van der Waals surface area contributed by atoms with Crippen LogP contribution < -0.4 is 4.74 Å². The number of benzene rings is 1. The van der Waals surface area contributed by atoms with Crippen LogP contribution in [0.2, 0.25) is 0 Å². The summed E-state index contributed by atoms with van der Waals surface area (Å²) < 4.78 is 5.13. The molecule has 0 aliphatic carbocycles. The summed E-state index contributed by atoms with van der Waals surface area (Å²) in [7, 11) is 1.63. The minimum Gasteiger partial charge on any atom is -0.497 e. The standard InChI is InChI=1S/C20H27NO4/c1-3-12-20(19(23)24)13-5-14-21(15-20)18(22)7-4-6-16-8-10-17(25-2)11-9-16/h3,8-11H,1,4-7,12-15H2,2H3,(H,23,24). The molecule has 1 unspecified atom stereocenters. The zero-order valence-electron chi connectivity index (χ0n) is 14.9. The van der Waals surface area contributed by atoms with Crippen LogP contribution in [0.25, 0.3) is 0 Å². The van der Waals surface area contributed by atoms with Gasteiger partial charge in [-0.15, -0.1) is 6.58 Å². The molecule has 0 aromatic heterocycles. The van der Waals surface area contributed by atoms with Crippen molar-refractivity contribution in [2.45, 2.75) is 38.5 Å². The fraction of sp³-hybridized carbons (Fsp3) is 0.500. The van der Waals surface area contributed by atoms with Crippen LogP contribution in [0.3, 0.4) is 0 Å². The van der Waals surface area contributed by atoms with Crippen LogP contribution in [-0.4, -0.2) is 42.1 Å². The summed E-state index contributed by atoms with van der Waals surface area (Å²) in [4.78, 5) is 25.9. The van der Waals surface area contributed by atoms with Gasteiger partial charge in [-0.05, 0) is 49.8 Å². The number of amides is 1. The highest BCUT2D eigenvalue weighted by molar-refractivity contribution is 5.80. The normalized spacial score (nSPS) is 20.1. The number of piperidine rings is 1. The molecule has 0 spiro atoms. The van der Waals surface area contributed by atoms with Crippen LogP contribution in [0.4, 0.5) is 0 Å². The van der Waals surface area contributed by atoms with E-state index in [0.717, 1.165) is 25.0 Å². The number of carboxylic acid groups (broad SMARTS) is 1. The average molecular weight is 345 g/mol. The molecule has 1 aliphatic heterocycles. The van der Waals surface area contributed by atoms with Crippen molar-refractivity contribution in [1.29, 1.82) is 0 Å². The highest BCUT2D eigenvalue weighted by Crippen LogP contribution is 2.34. The molecule has 0 radical (unpaired) electrons. The fourth-order valence-corrected chi connectivity index (χ4v) is 3.44. The maximum Gasteiger partial charge on any atom is 0.311 e. The van der Waals surface area contributed by atoms with E-state index in [0.29, 0.717) is 25.8 Å². The lowest BCUT2D eigenvalue weighted by Crippen LogP contribution is -2.49. The molecule has 1 fully saturated rings.